The van der Waals surface area contributed by atoms with Crippen LogP contribution in [0.3, 0.4) is 0 Å². The van der Waals surface area contributed by atoms with E-state index in [0.29, 0.717) is 6.42 Å². The molecule has 5 rings (SSSR count). The van der Waals surface area contributed by atoms with E-state index in [1.165, 1.54) is 10.9 Å². The Morgan fingerprint density at radius 1 is 1.09 bits per heavy atom. The van der Waals surface area contributed by atoms with E-state index in [1.807, 2.05) is 36.4 Å². The average Bonchev–Trinajstić information content (AvgIpc) is 3.43. The number of carbonyl (C=O) groups is 3. The molecule has 2 atom stereocenters. The number of anilines is 1. The van der Waals surface area contributed by atoms with Crippen LogP contribution in [0.1, 0.15) is 34.0 Å². The molecule has 9 heteroatoms. The molecule has 0 bridgehead atoms. The van der Waals surface area contributed by atoms with Crippen LogP contribution < -0.4 is 10.6 Å². The highest BCUT2D eigenvalue weighted by Gasteiger charge is 2.43. The molecule has 0 unspecified atom stereocenters. The molecule has 9 nitrogen and oxygen atoms in total. The second kappa shape index (κ2) is 8.66. The van der Waals surface area contributed by atoms with Gasteiger partial charge in [0, 0.05) is 25.7 Å². The SMILES string of the molecule is Cn1cc(NC(=O)OCC2c3ccccc3-c3ccccc32)c(C(=O)NC[C@@H]2C[C@@H]2C(=O)O)n1. The van der Waals surface area contributed by atoms with E-state index in [4.69, 9.17) is 9.84 Å². The van der Waals surface area contributed by atoms with Crippen molar-refractivity contribution in [3.63, 3.8) is 0 Å². The Balaban J connectivity index is 1.22. The molecule has 1 fully saturated rings. The van der Waals surface area contributed by atoms with Crippen molar-refractivity contribution in [1.29, 1.82) is 0 Å². The number of rotatable bonds is 7. The summed E-state index contributed by atoms with van der Waals surface area (Å²) in [5.41, 5.74) is 4.76. The lowest BCUT2D eigenvalue weighted by molar-refractivity contribution is -0.138. The van der Waals surface area contributed by atoms with Crippen LogP contribution in [-0.4, -0.2) is 46.0 Å². The summed E-state index contributed by atoms with van der Waals surface area (Å²) in [6.07, 6.45) is 1.38. The predicted molar refractivity (Wildman–Crippen MR) is 123 cm³/mol. The highest BCUT2D eigenvalue weighted by molar-refractivity contribution is 6.01. The molecule has 3 aromatic rings. The number of hydrogen-bond donors (Lipinski definition) is 3. The minimum absolute atomic E-state index is 0.0449. The molecular formula is C25H24N4O5. The van der Waals surface area contributed by atoms with E-state index in [0.717, 1.165) is 22.3 Å². The lowest BCUT2D eigenvalue weighted by atomic mass is 9.98. The smallest absolute Gasteiger partial charge is 0.411 e. The monoisotopic (exact) mass is 460 g/mol. The first-order valence-electron chi connectivity index (χ1n) is 11.1. The van der Waals surface area contributed by atoms with Gasteiger partial charge in [-0.1, -0.05) is 48.5 Å². The van der Waals surface area contributed by atoms with Crippen LogP contribution in [-0.2, 0) is 16.6 Å². The van der Waals surface area contributed by atoms with Crippen molar-refractivity contribution in [2.45, 2.75) is 12.3 Å². The number of aromatic nitrogens is 2. The van der Waals surface area contributed by atoms with Gasteiger partial charge in [-0.15, -0.1) is 0 Å². The second-order valence-electron chi connectivity index (χ2n) is 8.67. The van der Waals surface area contributed by atoms with E-state index >= 15 is 0 Å². The quantitative estimate of drug-likeness (QED) is 0.498. The Bertz CT molecular complexity index is 1240. The second-order valence-corrected chi connectivity index (χ2v) is 8.67. The van der Waals surface area contributed by atoms with Gasteiger partial charge in [0.25, 0.3) is 5.91 Å². The van der Waals surface area contributed by atoms with Gasteiger partial charge in [-0.25, -0.2) is 4.79 Å². The van der Waals surface area contributed by atoms with Gasteiger partial charge < -0.3 is 15.2 Å². The fourth-order valence-corrected chi connectivity index (χ4v) is 4.58. The van der Waals surface area contributed by atoms with Crippen LogP contribution in [0.5, 0.6) is 0 Å². The molecule has 3 N–H and O–H groups in total. The maximum atomic E-state index is 12.6. The van der Waals surface area contributed by atoms with Crippen molar-refractivity contribution < 1.29 is 24.2 Å². The maximum absolute atomic E-state index is 12.6. The van der Waals surface area contributed by atoms with Crippen molar-refractivity contribution in [2.75, 3.05) is 18.5 Å². The zero-order valence-electron chi connectivity index (χ0n) is 18.5. The average molecular weight is 460 g/mol. The summed E-state index contributed by atoms with van der Waals surface area (Å²) < 4.78 is 6.97. The van der Waals surface area contributed by atoms with Gasteiger partial charge in [0.05, 0.1) is 11.6 Å². The summed E-state index contributed by atoms with van der Waals surface area (Å²) in [6.45, 7) is 0.399. The van der Waals surface area contributed by atoms with E-state index < -0.39 is 23.9 Å². The third kappa shape index (κ3) is 4.12. The van der Waals surface area contributed by atoms with Crippen LogP contribution in [0.15, 0.2) is 54.7 Å². The molecule has 34 heavy (non-hydrogen) atoms. The molecule has 1 aromatic heterocycles. The molecule has 0 spiro atoms. The number of amides is 2. The first-order valence-corrected chi connectivity index (χ1v) is 11.1. The van der Waals surface area contributed by atoms with Crippen molar-refractivity contribution in [2.24, 2.45) is 18.9 Å². The van der Waals surface area contributed by atoms with E-state index in [2.05, 4.69) is 27.9 Å². The largest absolute Gasteiger partial charge is 0.481 e. The number of aliphatic carboxylic acids is 1. The number of carboxylic acid groups (broad SMARTS) is 1. The maximum Gasteiger partial charge on any atom is 0.411 e. The Hall–Kier alpha value is -4.14. The van der Waals surface area contributed by atoms with E-state index in [1.54, 1.807) is 7.05 Å². The normalized spacial score (nSPS) is 18.0. The summed E-state index contributed by atoms with van der Waals surface area (Å²) in [4.78, 5) is 36.2. The number of fused-ring (bicyclic) bond motifs is 3. The molecule has 1 saturated carbocycles. The number of nitrogens with zero attached hydrogens (tertiary/aromatic N) is 2. The van der Waals surface area contributed by atoms with Crippen molar-refractivity contribution >= 4 is 23.7 Å². The summed E-state index contributed by atoms with van der Waals surface area (Å²) >= 11 is 0. The van der Waals surface area contributed by atoms with Gasteiger partial charge in [-0.05, 0) is 34.6 Å². The number of ether oxygens (including phenoxy) is 1. The first kappa shape index (κ1) is 21.7. The van der Waals surface area contributed by atoms with Crippen LogP contribution in [0.25, 0.3) is 11.1 Å². The summed E-state index contributed by atoms with van der Waals surface area (Å²) in [7, 11) is 1.64. The Kier molecular flexibility index (Phi) is 5.53. The van der Waals surface area contributed by atoms with Crippen LogP contribution >= 0.6 is 0 Å². The minimum atomic E-state index is -0.852. The number of carboxylic acids is 1. The minimum Gasteiger partial charge on any atom is -0.481 e. The third-order valence-electron chi connectivity index (χ3n) is 6.39. The zero-order chi connectivity index (χ0) is 23.8. The lowest BCUT2D eigenvalue weighted by Crippen LogP contribution is -2.28. The first-order chi connectivity index (χ1) is 16.4. The summed E-state index contributed by atoms with van der Waals surface area (Å²) in [5, 5.41) is 18.4. The molecule has 1 heterocycles. The summed E-state index contributed by atoms with van der Waals surface area (Å²) in [5.74, 6) is -1.90. The van der Waals surface area contributed by atoms with Crippen LogP contribution in [0, 0.1) is 11.8 Å². The number of aryl methyl sites for hydroxylation is 1. The molecular weight excluding hydrogens is 436 g/mol. The molecule has 2 aliphatic rings. The highest BCUT2D eigenvalue weighted by Crippen LogP contribution is 2.44. The van der Waals surface area contributed by atoms with Gasteiger partial charge in [0.15, 0.2) is 5.69 Å². The Labute approximate surface area is 195 Å². The third-order valence-corrected chi connectivity index (χ3v) is 6.39. The number of carbonyl (C=O) groups excluding carboxylic acids is 2. The molecule has 0 aliphatic heterocycles. The topological polar surface area (TPSA) is 123 Å². The molecule has 2 aromatic carbocycles. The molecule has 2 aliphatic carbocycles. The van der Waals surface area contributed by atoms with E-state index in [-0.39, 0.29) is 36.4 Å². The van der Waals surface area contributed by atoms with Crippen molar-refractivity contribution in [3.8, 4) is 11.1 Å². The Morgan fingerprint density at radius 3 is 2.35 bits per heavy atom. The number of nitrogens with one attached hydrogen (secondary N) is 2. The van der Waals surface area contributed by atoms with Crippen LogP contribution in [0.2, 0.25) is 0 Å². The molecule has 0 radical (unpaired) electrons. The number of hydrogen-bond acceptors (Lipinski definition) is 5. The van der Waals surface area contributed by atoms with Gasteiger partial charge >= 0.3 is 12.1 Å². The number of benzene rings is 2. The molecule has 174 valence electrons. The van der Waals surface area contributed by atoms with Gasteiger partial charge in [-0.3, -0.25) is 19.6 Å². The van der Waals surface area contributed by atoms with E-state index in [9.17, 15) is 14.4 Å². The predicted octanol–water partition coefficient (Wildman–Crippen LogP) is 3.23. The standard InChI is InChI=1S/C25H24N4O5/c1-29-12-21(22(28-29)23(30)26-11-14-10-19(14)24(31)32)27-25(33)34-13-20-17-8-4-2-6-15(17)16-7-3-5-9-18(16)20/h2-9,12,14,19-20H,10-11,13H2,1H3,(H,26,30)(H,27,33)(H,31,32)/t14-,19-/m0/s1. The van der Waals surface area contributed by atoms with Gasteiger partial charge in [-0.2, -0.15) is 5.10 Å². The van der Waals surface area contributed by atoms with Crippen molar-refractivity contribution in [3.05, 3.63) is 71.5 Å². The Morgan fingerprint density at radius 2 is 1.74 bits per heavy atom. The van der Waals surface area contributed by atoms with Crippen molar-refractivity contribution in [1.82, 2.24) is 15.1 Å². The molecule has 0 saturated heterocycles. The van der Waals surface area contributed by atoms with Gasteiger partial charge in [0.2, 0.25) is 0 Å². The fourth-order valence-electron chi connectivity index (χ4n) is 4.58. The zero-order valence-corrected chi connectivity index (χ0v) is 18.5. The van der Waals surface area contributed by atoms with Gasteiger partial charge in [0.1, 0.15) is 6.61 Å². The molecule has 2 amide bonds. The lowest BCUT2D eigenvalue weighted by Gasteiger charge is -2.14. The highest BCUT2D eigenvalue weighted by atomic mass is 16.5. The summed E-state index contributed by atoms with van der Waals surface area (Å²) in [6, 6.07) is 16.1. The van der Waals surface area contributed by atoms with Crippen LogP contribution in [0.4, 0.5) is 10.5 Å². The fraction of sp³-hybridized carbons (Fsp3) is 0.280.